The Hall–Kier alpha value is -3.09. The Morgan fingerprint density at radius 2 is 1.80 bits per heavy atom. The second kappa shape index (κ2) is 7.65. The van der Waals surface area contributed by atoms with Crippen molar-refractivity contribution in [3.8, 4) is 11.5 Å². The van der Waals surface area contributed by atoms with Gasteiger partial charge in [-0.1, -0.05) is 6.07 Å². The molecule has 0 spiro atoms. The van der Waals surface area contributed by atoms with Gasteiger partial charge < -0.3 is 14.8 Å². The van der Waals surface area contributed by atoms with Gasteiger partial charge in [-0.05, 0) is 50.1 Å². The predicted octanol–water partition coefficient (Wildman–Crippen LogP) is 3.63. The van der Waals surface area contributed by atoms with Crippen molar-refractivity contribution in [2.75, 3.05) is 12.4 Å². The molecule has 7 nitrogen and oxygen atoms in total. The first-order valence-electron chi connectivity index (χ1n) is 7.68. The first-order valence-corrected chi connectivity index (χ1v) is 7.68. The Balaban J connectivity index is 2.11. The molecule has 1 atom stereocenters. The number of nitrogens with one attached hydrogen (secondary N) is 1. The van der Waals surface area contributed by atoms with Crippen LogP contribution in [0.25, 0.3) is 0 Å². The van der Waals surface area contributed by atoms with E-state index < -0.39 is 11.0 Å². The normalized spacial score (nSPS) is 11.5. The van der Waals surface area contributed by atoms with Crippen molar-refractivity contribution in [3.05, 3.63) is 57.6 Å². The number of aryl methyl sites for hydroxylation is 2. The van der Waals surface area contributed by atoms with Crippen LogP contribution in [-0.2, 0) is 4.79 Å². The fourth-order valence-corrected chi connectivity index (χ4v) is 2.39. The highest BCUT2D eigenvalue weighted by molar-refractivity contribution is 5.95. The van der Waals surface area contributed by atoms with E-state index in [1.54, 1.807) is 6.92 Å². The molecule has 2 aromatic rings. The first kappa shape index (κ1) is 18.3. The molecule has 0 fully saturated rings. The summed E-state index contributed by atoms with van der Waals surface area (Å²) in [6.07, 6.45) is -0.749. The number of hydrogen-bond donors (Lipinski definition) is 1. The summed E-state index contributed by atoms with van der Waals surface area (Å²) < 4.78 is 10.8. The lowest BCUT2D eigenvalue weighted by Crippen LogP contribution is -2.30. The zero-order valence-corrected chi connectivity index (χ0v) is 14.5. The van der Waals surface area contributed by atoms with Crippen LogP contribution in [0.5, 0.6) is 11.5 Å². The summed E-state index contributed by atoms with van der Waals surface area (Å²) in [4.78, 5) is 22.6. The number of carbonyl (C=O) groups is 1. The number of carbonyl (C=O) groups excluding carboxylic acids is 1. The van der Waals surface area contributed by atoms with Gasteiger partial charge in [0.2, 0.25) is 0 Å². The van der Waals surface area contributed by atoms with Gasteiger partial charge in [0.05, 0.1) is 23.8 Å². The third-order valence-electron chi connectivity index (χ3n) is 3.53. The third kappa shape index (κ3) is 4.69. The molecule has 1 unspecified atom stereocenters. The van der Waals surface area contributed by atoms with E-state index in [1.807, 2.05) is 32.0 Å². The summed E-state index contributed by atoms with van der Waals surface area (Å²) in [6, 6.07) is 9.70. The highest BCUT2D eigenvalue weighted by atomic mass is 16.6. The van der Waals surface area contributed by atoms with Crippen LogP contribution in [0.2, 0.25) is 0 Å². The van der Waals surface area contributed by atoms with Crippen molar-refractivity contribution >= 4 is 17.3 Å². The van der Waals surface area contributed by atoms with Crippen molar-refractivity contribution < 1.29 is 19.2 Å². The molecular formula is C18H20N2O5. The second-order valence-corrected chi connectivity index (χ2v) is 5.71. The molecule has 0 aromatic heterocycles. The van der Waals surface area contributed by atoms with Crippen LogP contribution in [0.4, 0.5) is 11.4 Å². The molecule has 0 bridgehead atoms. The molecule has 0 saturated carbocycles. The number of benzene rings is 2. The average molecular weight is 344 g/mol. The lowest BCUT2D eigenvalue weighted by atomic mass is 10.1. The van der Waals surface area contributed by atoms with Gasteiger partial charge in [0, 0.05) is 6.07 Å². The Morgan fingerprint density at radius 3 is 2.36 bits per heavy atom. The lowest BCUT2D eigenvalue weighted by Gasteiger charge is -2.16. The Bertz CT molecular complexity index is 784. The number of amides is 1. The molecule has 0 aliphatic heterocycles. The standard InChI is InChI=1S/C18H20N2O5/c1-11-7-12(2)9-15(8-11)25-13(3)18(21)19-16-6-5-14(20(22)23)10-17(16)24-4/h5-10,13H,1-4H3,(H,19,21). The van der Waals surface area contributed by atoms with Gasteiger partial charge in [-0.25, -0.2) is 0 Å². The number of nitrogens with zero attached hydrogens (tertiary/aromatic N) is 1. The Morgan fingerprint density at radius 1 is 1.16 bits per heavy atom. The van der Waals surface area contributed by atoms with Gasteiger partial charge in [0.15, 0.2) is 6.10 Å². The molecule has 1 N–H and O–H groups in total. The average Bonchev–Trinajstić information content (AvgIpc) is 2.53. The maximum Gasteiger partial charge on any atom is 0.273 e. The van der Waals surface area contributed by atoms with E-state index in [0.29, 0.717) is 11.4 Å². The zero-order chi connectivity index (χ0) is 18.6. The number of non-ortho nitro benzene ring substituents is 1. The molecule has 0 radical (unpaired) electrons. The van der Waals surface area contributed by atoms with E-state index in [2.05, 4.69) is 5.32 Å². The van der Waals surface area contributed by atoms with Crippen molar-refractivity contribution in [1.29, 1.82) is 0 Å². The molecule has 1 amide bonds. The number of methoxy groups -OCH3 is 1. The summed E-state index contributed by atoms with van der Waals surface area (Å²) >= 11 is 0. The van der Waals surface area contributed by atoms with Crippen LogP contribution in [-0.4, -0.2) is 24.0 Å². The molecule has 0 saturated heterocycles. The van der Waals surface area contributed by atoms with E-state index >= 15 is 0 Å². The van der Waals surface area contributed by atoms with Gasteiger partial charge >= 0.3 is 0 Å². The van der Waals surface area contributed by atoms with Gasteiger partial charge in [-0.15, -0.1) is 0 Å². The summed E-state index contributed by atoms with van der Waals surface area (Å²) in [5, 5.41) is 13.5. The number of hydrogen-bond acceptors (Lipinski definition) is 5. The number of rotatable bonds is 6. The quantitative estimate of drug-likeness (QED) is 0.638. The monoisotopic (exact) mass is 344 g/mol. The van der Waals surface area contributed by atoms with Crippen molar-refractivity contribution in [2.24, 2.45) is 0 Å². The van der Waals surface area contributed by atoms with Crippen LogP contribution >= 0.6 is 0 Å². The van der Waals surface area contributed by atoms with Gasteiger partial charge in [0.1, 0.15) is 11.5 Å². The molecule has 2 rings (SSSR count). The SMILES string of the molecule is COc1cc([N+](=O)[O-])ccc1NC(=O)C(C)Oc1cc(C)cc(C)c1. The van der Waals surface area contributed by atoms with Crippen molar-refractivity contribution in [3.63, 3.8) is 0 Å². The van der Waals surface area contributed by atoms with Gasteiger partial charge in [0.25, 0.3) is 11.6 Å². The molecular weight excluding hydrogens is 324 g/mol. The van der Waals surface area contributed by atoms with E-state index in [9.17, 15) is 14.9 Å². The largest absolute Gasteiger partial charge is 0.494 e. The summed E-state index contributed by atoms with van der Waals surface area (Å²) in [6.45, 7) is 5.53. The highest BCUT2D eigenvalue weighted by Crippen LogP contribution is 2.29. The minimum Gasteiger partial charge on any atom is -0.494 e. The van der Waals surface area contributed by atoms with Crippen LogP contribution in [0, 0.1) is 24.0 Å². The lowest BCUT2D eigenvalue weighted by molar-refractivity contribution is -0.384. The second-order valence-electron chi connectivity index (χ2n) is 5.71. The maximum atomic E-state index is 12.3. The number of anilines is 1. The maximum absolute atomic E-state index is 12.3. The minimum absolute atomic E-state index is 0.116. The Labute approximate surface area is 145 Å². The van der Waals surface area contributed by atoms with Crippen molar-refractivity contribution in [1.82, 2.24) is 0 Å². The van der Waals surface area contributed by atoms with Crippen LogP contribution < -0.4 is 14.8 Å². The topological polar surface area (TPSA) is 90.7 Å². The van der Waals surface area contributed by atoms with E-state index in [1.165, 1.54) is 25.3 Å². The van der Waals surface area contributed by atoms with E-state index in [4.69, 9.17) is 9.47 Å². The van der Waals surface area contributed by atoms with Gasteiger partial charge in [-0.2, -0.15) is 0 Å². The summed E-state index contributed by atoms with van der Waals surface area (Å²) in [5.74, 6) is 0.434. The number of nitro benzene ring substituents is 1. The van der Waals surface area contributed by atoms with E-state index in [0.717, 1.165) is 11.1 Å². The highest BCUT2D eigenvalue weighted by Gasteiger charge is 2.18. The molecule has 2 aromatic carbocycles. The van der Waals surface area contributed by atoms with E-state index in [-0.39, 0.29) is 17.3 Å². The van der Waals surface area contributed by atoms with Crippen molar-refractivity contribution in [2.45, 2.75) is 26.9 Å². The smallest absolute Gasteiger partial charge is 0.273 e. The zero-order valence-electron chi connectivity index (χ0n) is 14.5. The molecule has 0 aliphatic carbocycles. The number of ether oxygens (including phenoxy) is 2. The minimum atomic E-state index is -0.749. The van der Waals surface area contributed by atoms with Crippen LogP contribution in [0.1, 0.15) is 18.1 Å². The molecule has 0 heterocycles. The van der Waals surface area contributed by atoms with Gasteiger partial charge in [-0.3, -0.25) is 14.9 Å². The fourth-order valence-electron chi connectivity index (χ4n) is 2.39. The fraction of sp³-hybridized carbons (Fsp3) is 0.278. The molecule has 132 valence electrons. The van der Waals surface area contributed by atoms with Crippen LogP contribution in [0.3, 0.4) is 0 Å². The first-order chi connectivity index (χ1) is 11.8. The molecule has 0 aliphatic rings. The summed E-state index contributed by atoms with van der Waals surface area (Å²) in [5.41, 5.74) is 2.31. The number of nitro groups is 1. The van der Waals surface area contributed by atoms with Crippen LogP contribution in [0.15, 0.2) is 36.4 Å². The molecule has 7 heteroatoms. The Kier molecular flexibility index (Phi) is 5.59. The molecule has 25 heavy (non-hydrogen) atoms. The predicted molar refractivity (Wildman–Crippen MR) is 94.3 cm³/mol. The summed E-state index contributed by atoms with van der Waals surface area (Å²) in [7, 11) is 1.38. The third-order valence-corrected chi connectivity index (χ3v) is 3.53.